The van der Waals surface area contributed by atoms with Crippen molar-refractivity contribution in [1.29, 1.82) is 0 Å². The molecular formula is C24H25N3O5S. The van der Waals surface area contributed by atoms with Crippen LogP contribution in [-0.4, -0.2) is 41.7 Å². The van der Waals surface area contributed by atoms with Crippen LogP contribution in [0.1, 0.15) is 24.1 Å². The molecule has 0 radical (unpaired) electrons. The van der Waals surface area contributed by atoms with Gasteiger partial charge in [-0.2, -0.15) is 0 Å². The Bertz CT molecular complexity index is 1110. The average molecular weight is 468 g/mol. The number of thioether (sulfide) groups is 1. The van der Waals surface area contributed by atoms with Gasteiger partial charge in [0.2, 0.25) is 0 Å². The molecule has 2 aromatic carbocycles. The summed E-state index contributed by atoms with van der Waals surface area (Å²) in [6.45, 7) is 5.98. The third-order valence-corrected chi connectivity index (χ3v) is 6.20. The monoisotopic (exact) mass is 467 g/mol. The number of methoxy groups -OCH3 is 2. The fraction of sp³-hybridized carbons (Fsp3) is 0.250. The zero-order chi connectivity index (χ0) is 24.0. The zero-order valence-corrected chi connectivity index (χ0v) is 19.5. The SMILES string of the molecule is C=CCN1C(SCc2ccc(OC)cc2)=NC(C)=C(C(=O)OC)C1c1cccc([N+](=O)[O-])c1. The minimum Gasteiger partial charge on any atom is -0.497 e. The van der Waals surface area contributed by atoms with Crippen molar-refractivity contribution in [2.45, 2.75) is 18.7 Å². The van der Waals surface area contributed by atoms with Crippen molar-refractivity contribution in [1.82, 2.24) is 4.90 Å². The predicted octanol–water partition coefficient (Wildman–Crippen LogP) is 4.88. The molecule has 33 heavy (non-hydrogen) atoms. The molecule has 0 fully saturated rings. The molecule has 1 aliphatic rings. The lowest BCUT2D eigenvalue weighted by Crippen LogP contribution is -2.39. The van der Waals surface area contributed by atoms with E-state index in [0.29, 0.717) is 34.3 Å². The van der Waals surface area contributed by atoms with Crippen LogP contribution in [0.5, 0.6) is 5.75 Å². The second kappa shape index (κ2) is 10.8. The first-order valence-electron chi connectivity index (χ1n) is 10.1. The van der Waals surface area contributed by atoms with Crippen LogP contribution in [-0.2, 0) is 15.3 Å². The number of rotatable bonds is 8. The highest BCUT2D eigenvalue weighted by molar-refractivity contribution is 8.13. The van der Waals surface area contributed by atoms with Crippen LogP contribution >= 0.6 is 11.8 Å². The number of amidine groups is 1. The first-order valence-corrected chi connectivity index (χ1v) is 11.1. The number of esters is 1. The molecule has 0 saturated heterocycles. The fourth-order valence-corrected chi connectivity index (χ4v) is 4.60. The molecule has 1 heterocycles. The number of nitrogens with zero attached hydrogens (tertiary/aromatic N) is 3. The molecule has 8 nitrogen and oxygen atoms in total. The van der Waals surface area contributed by atoms with Gasteiger partial charge in [0.25, 0.3) is 5.69 Å². The Morgan fingerprint density at radius 3 is 2.61 bits per heavy atom. The zero-order valence-electron chi connectivity index (χ0n) is 18.7. The van der Waals surface area contributed by atoms with Crippen molar-refractivity contribution < 1.29 is 19.2 Å². The Balaban J connectivity index is 2.03. The van der Waals surface area contributed by atoms with Crippen LogP contribution in [0.3, 0.4) is 0 Å². The molecule has 9 heteroatoms. The first-order chi connectivity index (χ1) is 15.9. The summed E-state index contributed by atoms with van der Waals surface area (Å²) in [5.74, 6) is 0.888. The lowest BCUT2D eigenvalue weighted by molar-refractivity contribution is -0.384. The van der Waals surface area contributed by atoms with E-state index in [9.17, 15) is 14.9 Å². The Hall–Kier alpha value is -3.59. The highest BCUT2D eigenvalue weighted by atomic mass is 32.2. The Morgan fingerprint density at radius 1 is 1.27 bits per heavy atom. The van der Waals surface area contributed by atoms with Gasteiger partial charge in [0.1, 0.15) is 5.75 Å². The van der Waals surface area contributed by atoms with E-state index in [4.69, 9.17) is 14.5 Å². The van der Waals surface area contributed by atoms with Gasteiger partial charge in [-0.1, -0.05) is 42.1 Å². The summed E-state index contributed by atoms with van der Waals surface area (Å²) in [6.07, 6.45) is 1.71. The van der Waals surface area contributed by atoms with Crippen molar-refractivity contribution in [3.63, 3.8) is 0 Å². The molecule has 2 aromatic rings. The second-order valence-corrected chi connectivity index (χ2v) is 8.16. The number of benzene rings is 2. The van der Waals surface area contributed by atoms with Gasteiger partial charge in [-0.3, -0.25) is 10.1 Å². The molecule has 1 aliphatic heterocycles. The molecule has 0 bridgehead atoms. The van der Waals surface area contributed by atoms with Gasteiger partial charge < -0.3 is 14.4 Å². The molecule has 172 valence electrons. The van der Waals surface area contributed by atoms with Crippen molar-refractivity contribution in [3.8, 4) is 5.75 Å². The van der Waals surface area contributed by atoms with Gasteiger partial charge in [0.05, 0.1) is 36.5 Å². The molecular weight excluding hydrogens is 442 g/mol. The van der Waals surface area contributed by atoms with Gasteiger partial charge >= 0.3 is 5.97 Å². The van der Waals surface area contributed by atoms with E-state index in [2.05, 4.69) is 6.58 Å². The molecule has 0 aromatic heterocycles. The second-order valence-electron chi connectivity index (χ2n) is 7.22. The van der Waals surface area contributed by atoms with Gasteiger partial charge in [0, 0.05) is 24.4 Å². The summed E-state index contributed by atoms with van der Waals surface area (Å²) < 4.78 is 10.2. The van der Waals surface area contributed by atoms with E-state index in [1.54, 1.807) is 32.2 Å². The number of carbonyl (C=O) groups is 1. The molecule has 3 rings (SSSR count). The van der Waals surface area contributed by atoms with Crippen LogP contribution < -0.4 is 4.74 Å². The number of aliphatic imine (C=N–C) groups is 1. The maximum absolute atomic E-state index is 12.7. The maximum atomic E-state index is 12.7. The number of nitro groups is 1. The summed E-state index contributed by atoms with van der Waals surface area (Å²) in [5.41, 5.74) is 2.48. The quantitative estimate of drug-likeness (QED) is 0.236. The van der Waals surface area contributed by atoms with Crippen LogP contribution in [0, 0.1) is 10.1 Å². The normalized spacial score (nSPS) is 15.7. The van der Waals surface area contributed by atoms with Crippen molar-refractivity contribution >= 4 is 28.6 Å². The molecule has 0 aliphatic carbocycles. The minimum atomic E-state index is -0.605. The summed E-state index contributed by atoms with van der Waals surface area (Å²) in [4.78, 5) is 30.3. The van der Waals surface area contributed by atoms with Gasteiger partial charge in [-0.15, -0.1) is 6.58 Å². The third-order valence-electron chi connectivity index (χ3n) is 5.14. The lowest BCUT2D eigenvalue weighted by atomic mass is 9.94. The highest BCUT2D eigenvalue weighted by Gasteiger charge is 2.36. The lowest BCUT2D eigenvalue weighted by Gasteiger charge is -2.37. The van der Waals surface area contributed by atoms with Crippen LogP contribution in [0.4, 0.5) is 5.69 Å². The first kappa shape index (κ1) is 24.1. The van der Waals surface area contributed by atoms with Crippen molar-refractivity contribution in [2.75, 3.05) is 20.8 Å². The van der Waals surface area contributed by atoms with Crippen LogP contribution in [0.2, 0.25) is 0 Å². The highest BCUT2D eigenvalue weighted by Crippen LogP contribution is 2.39. The number of non-ortho nitro benzene ring substituents is 1. The topological polar surface area (TPSA) is 94.3 Å². The summed E-state index contributed by atoms with van der Waals surface area (Å²) >= 11 is 1.51. The Morgan fingerprint density at radius 2 is 2.00 bits per heavy atom. The largest absolute Gasteiger partial charge is 0.497 e. The van der Waals surface area contributed by atoms with E-state index in [0.717, 1.165) is 11.3 Å². The standard InChI is InChI=1S/C24H25N3O5S/c1-5-13-26-22(18-7-6-8-19(14-18)27(29)30)21(23(28)32-4)16(2)25-24(26)33-15-17-9-11-20(31-3)12-10-17/h5-12,14,22H,1,13,15H2,2-4H3. The number of ether oxygens (including phenoxy) is 2. The number of nitro benzene ring substituents is 1. The molecule has 1 atom stereocenters. The third kappa shape index (κ3) is 5.43. The van der Waals surface area contributed by atoms with Gasteiger partial charge in [0.15, 0.2) is 5.17 Å². The van der Waals surface area contributed by atoms with E-state index < -0.39 is 16.9 Å². The van der Waals surface area contributed by atoms with Crippen LogP contribution in [0.15, 0.2) is 77.4 Å². The predicted molar refractivity (Wildman–Crippen MR) is 129 cm³/mol. The summed E-state index contributed by atoms with van der Waals surface area (Å²) in [7, 11) is 2.93. The number of hydrogen-bond acceptors (Lipinski definition) is 8. The molecule has 0 saturated carbocycles. The van der Waals surface area contributed by atoms with Crippen molar-refractivity contribution in [2.24, 2.45) is 4.99 Å². The number of hydrogen-bond donors (Lipinski definition) is 0. The molecule has 0 amide bonds. The minimum absolute atomic E-state index is 0.0529. The fourth-order valence-electron chi connectivity index (χ4n) is 3.56. The van der Waals surface area contributed by atoms with E-state index in [1.165, 1.54) is 31.0 Å². The maximum Gasteiger partial charge on any atom is 0.338 e. The van der Waals surface area contributed by atoms with Crippen molar-refractivity contribution in [3.05, 3.63) is 93.7 Å². The molecule has 1 unspecified atom stereocenters. The molecule has 0 N–H and O–H groups in total. The summed E-state index contributed by atoms with van der Waals surface area (Å²) in [6, 6.07) is 13.4. The number of carbonyl (C=O) groups excluding carboxylic acids is 1. The Kier molecular flexibility index (Phi) is 7.89. The average Bonchev–Trinajstić information content (AvgIpc) is 2.83. The van der Waals surface area contributed by atoms with E-state index in [1.807, 2.05) is 29.2 Å². The van der Waals surface area contributed by atoms with E-state index in [-0.39, 0.29) is 5.69 Å². The van der Waals surface area contributed by atoms with E-state index >= 15 is 0 Å². The number of allylic oxidation sites excluding steroid dienone is 1. The smallest absolute Gasteiger partial charge is 0.338 e. The summed E-state index contributed by atoms with van der Waals surface area (Å²) in [5, 5.41) is 12.1. The van der Waals surface area contributed by atoms with Gasteiger partial charge in [-0.05, 0) is 30.2 Å². The van der Waals surface area contributed by atoms with Crippen LogP contribution in [0.25, 0.3) is 0 Å². The molecule has 0 spiro atoms. The Labute approximate surface area is 196 Å². The van der Waals surface area contributed by atoms with Gasteiger partial charge in [-0.25, -0.2) is 9.79 Å².